The Morgan fingerprint density at radius 1 is 0.912 bits per heavy atom. The summed E-state index contributed by atoms with van der Waals surface area (Å²) in [7, 11) is 0. The lowest BCUT2D eigenvalue weighted by molar-refractivity contribution is 0.188. The van der Waals surface area contributed by atoms with Gasteiger partial charge in [-0.05, 0) is 29.5 Å². The SMILES string of the molecule is OCCN1CCN(c2nc(Nc3cc(-c4ccccc4)[nH]n3)nc(Sc3ccccc3)n2)CC1. The van der Waals surface area contributed by atoms with Crippen LogP contribution in [-0.4, -0.2) is 74.5 Å². The lowest BCUT2D eigenvalue weighted by atomic mass is 10.2. The van der Waals surface area contributed by atoms with Gasteiger partial charge in [0, 0.05) is 43.7 Å². The van der Waals surface area contributed by atoms with Crippen LogP contribution in [0.1, 0.15) is 0 Å². The number of piperazine rings is 1. The maximum atomic E-state index is 9.22. The summed E-state index contributed by atoms with van der Waals surface area (Å²) in [6.45, 7) is 4.16. The molecule has 0 radical (unpaired) electrons. The summed E-state index contributed by atoms with van der Waals surface area (Å²) in [5.41, 5.74) is 1.97. The van der Waals surface area contributed by atoms with Crippen LogP contribution >= 0.6 is 11.8 Å². The van der Waals surface area contributed by atoms with Gasteiger partial charge < -0.3 is 15.3 Å². The predicted octanol–water partition coefficient (Wildman–Crippen LogP) is 3.27. The topological polar surface area (TPSA) is 106 Å². The minimum absolute atomic E-state index is 0.173. The summed E-state index contributed by atoms with van der Waals surface area (Å²) in [5, 5.41) is 20.5. The zero-order chi connectivity index (χ0) is 23.2. The van der Waals surface area contributed by atoms with Crippen molar-refractivity contribution >= 4 is 29.5 Å². The number of H-pyrrole nitrogens is 1. The van der Waals surface area contributed by atoms with E-state index in [0.717, 1.165) is 42.3 Å². The fourth-order valence-electron chi connectivity index (χ4n) is 3.76. The molecule has 1 saturated heterocycles. The van der Waals surface area contributed by atoms with Crippen molar-refractivity contribution in [3.05, 3.63) is 66.7 Å². The van der Waals surface area contributed by atoms with Crippen molar-refractivity contribution in [2.75, 3.05) is 49.5 Å². The largest absolute Gasteiger partial charge is 0.395 e. The van der Waals surface area contributed by atoms with Gasteiger partial charge in [0.15, 0.2) is 11.0 Å². The van der Waals surface area contributed by atoms with Crippen molar-refractivity contribution in [3.63, 3.8) is 0 Å². The molecule has 0 amide bonds. The molecule has 0 bridgehead atoms. The van der Waals surface area contributed by atoms with Crippen molar-refractivity contribution in [1.29, 1.82) is 0 Å². The molecule has 174 valence electrons. The smallest absolute Gasteiger partial charge is 0.234 e. The maximum absolute atomic E-state index is 9.22. The molecular weight excluding hydrogens is 448 g/mol. The molecule has 2 aromatic carbocycles. The lowest BCUT2D eigenvalue weighted by Crippen LogP contribution is -2.47. The van der Waals surface area contributed by atoms with E-state index in [1.54, 1.807) is 0 Å². The van der Waals surface area contributed by atoms with E-state index in [0.29, 0.717) is 29.4 Å². The average molecular weight is 475 g/mol. The quantitative estimate of drug-likeness (QED) is 0.355. The molecule has 0 aliphatic carbocycles. The number of benzene rings is 2. The number of aliphatic hydroxyl groups is 1. The van der Waals surface area contributed by atoms with Crippen LogP contribution in [0.5, 0.6) is 0 Å². The van der Waals surface area contributed by atoms with E-state index in [9.17, 15) is 5.11 Å². The Bertz CT molecular complexity index is 1200. The normalized spacial score (nSPS) is 14.3. The van der Waals surface area contributed by atoms with Crippen LogP contribution in [0.4, 0.5) is 17.7 Å². The summed E-state index contributed by atoms with van der Waals surface area (Å²) >= 11 is 1.50. The molecule has 2 aromatic heterocycles. The van der Waals surface area contributed by atoms with E-state index in [2.05, 4.69) is 30.3 Å². The van der Waals surface area contributed by atoms with Crippen molar-refractivity contribution in [1.82, 2.24) is 30.0 Å². The number of nitrogens with one attached hydrogen (secondary N) is 2. The Kier molecular flexibility index (Phi) is 6.99. The number of hydrogen-bond donors (Lipinski definition) is 3. The first kappa shape index (κ1) is 22.3. The highest BCUT2D eigenvalue weighted by Gasteiger charge is 2.21. The van der Waals surface area contributed by atoms with Gasteiger partial charge in [-0.3, -0.25) is 10.00 Å². The Hall–Kier alpha value is -3.47. The number of aromatic amines is 1. The first-order valence-corrected chi connectivity index (χ1v) is 12.0. The van der Waals surface area contributed by atoms with E-state index >= 15 is 0 Å². The monoisotopic (exact) mass is 474 g/mol. The molecule has 0 spiro atoms. The van der Waals surface area contributed by atoms with Gasteiger partial charge in [0.1, 0.15) is 0 Å². The molecular formula is C24H26N8OS. The van der Waals surface area contributed by atoms with Gasteiger partial charge in [-0.15, -0.1) is 0 Å². The predicted molar refractivity (Wildman–Crippen MR) is 133 cm³/mol. The van der Waals surface area contributed by atoms with Gasteiger partial charge in [-0.25, -0.2) is 0 Å². The number of nitrogens with zero attached hydrogens (tertiary/aromatic N) is 6. The van der Waals surface area contributed by atoms with Gasteiger partial charge in [0.2, 0.25) is 11.9 Å². The highest BCUT2D eigenvalue weighted by Crippen LogP contribution is 2.28. The Labute approximate surface area is 202 Å². The molecule has 9 nitrogen and oxygen atoms in total. The minimum Gasteiger partial charge on any atom is -0.395 e. The Balaban J connectivity index is 1.39. The zero-order valence-electron chi connectivity index (χ0n) is 18.6. The minimum atomic E-state index is 0.173. The molecule has 10 heteroatoms. The third kappa shape index (κ3) is 5.53. The standard InChI is InChI=1S/C24H26N8OS/c33-16-15-31-11-13-32(14-12-31)23-26-22(27-24(28-23)34-19-9-5-2-6-10-19)25-21-17-20(29-30-21)18-7-3-1-4-8-18/h1-10,17,33H,11-16H2,(H2,25,26,27,28,29,30). The first-order valence-electron chi connectivity index (χ1n) is 11.2. The van der Waals surface area contributed by atoms with Gasteiger partial charge >= 0.3 is 0 Å². The summed E-state index contributed by atoms with van der Waals surface area (Å²) in [6, 6.07) is 22.0. The second-order valence-corrected chi connectivity index (χ2v) is 8.91. The number of aliphatic hydroxyl groups excluding tert-OH is 1. The Morgan fingerprint density at radius 3 is 2.38 bits per heavy atom. The van der Waals surface area contributed by atoms with Crippen LogP contribution in [0.15, 0.2) is 76.8 Å². The number of aromatic nitrogens is 5. The molecule has 5 rings (SSSR count). The molecule has 1 aliphatic rings. The molecule has 1 fully saturated rings. The number of rotatable bonds is 8. The van der Waals surface area contributed by atoms with Crippen molar-refractivity contribution < 1.29 is 5.11 Å². The fourth-order valence-corrected chi connectivity index (χ4v) is 4.53. The van der Waals surface area contributed by atoms with Crippen LogP contribution in [0.25, 0.3) is 11.3 Å². The highest BCUT2D eigenvalue weighted by atomic mass is 32.2. The van der Waals surface area contributed by atoms with E-state index in [-0.39, 0.29) is 6.61 Å². The third-order valence-electron chi connectivity index (χ3n) is 5.53. The van der Waals surface area contributed by atoms with Crippen molar-refractivity contribution in [2.45, 2.75) is 10.1 Å². The van der Waals surface area contributed by atoms with Crippen LogP contribution in [0.3, 0.4) is 0 Å². The molecule has 0 atom stereocenters. The third-order valence-corrected chi connectivity index (χ3v) is 6.40. The first-order chi connectivity index (χ1) is 16.8. The summed E-state index contributed by atoms with van der Waals surface area (Å²) in [4.78, 5) is 19.6. The van der Waals surface area contributed by atoms with Crippen molar-refractivity contribution in [3.8, 4) is 11.3 Å². The van der Waals surface area contributed by atoms with Gasteiger partial charge in [-0.1, -0.05) is 48.5 Å². The number of hydrogen-bond acceptors (Lipinski definition) is 9. The van der Waals surface area contributed by atoms with Crippen LogP contribution in [0, 0.1) is 0 Å². The molecule has 0 unspecified atom stereocenters. The van der Waals surface area contributed by atoms with Crippen molar-refractivity contribution in [2.24, 2.45) is 0 Å². The summed E-state index contributed by atoms with van der Waals surface area (Å²) < 4.78 is 0. The van der Waals surface area contributed by atoms with E-state index < -0.39 is 0 Å². The Morgan fingerprint density at radius 2 is 1.65 bits per heavy atom. The molecule has 0 saturated carbocycles. The number of β-amino-alcohol motifs (C(OH)–C–C–N with tert-alkyl or cyclic N) is 1. The summed E-state index contributed by atoms with van der Waals surface area (Å²) in [5.74, 6) is 1.73. The molecule has 3 heterocycles. The van der Waals surface area contributed by atoms with Gasteiger partial charge in [-0.2, -0.15) is 20.1 Å². The van der Waals surface area contributed by atoms with E-state index in [4.69, 9.17) is 9.97 Å². The molecule has 3 N–H and O–H groups in total. The second-order valence-electron chi connectivity index (χ2n) is 7.87. The second kappa shape index (κ2) is 10.6. The molecule has 1 aliphatic heterocycles. The van der Waals surface area contributed by atoms with Crippen LogP contribution < -0.4 is 10.2 Å². The van der Waals surface area contributed by atoms with Gasteiger partial charge in [0.05, 0.1) is 12.3 Å². The number of anilines is 3. The lowest BCUT2D eigenvalue weighted by Gasteiger charge is -2.34. The van der Waals surface area contributed by atoms with Gasteiger partial charge in [0.25, 0.3) is 0 Å². The molecule has 34 heavy (non-hydrogen) atoms. The van der Waals surface area contributed by atoms with Crippen LogP contribution in [-0.2, 0) is 0 Å². The fraction of sp³-hybridized carbons (Fsp3) is 0.250. The van der Waals surface area contributed by atoms with E-state index in [1.807, 2.05) is 66.7 Å². The zero-order valence-corrected chi connectivity index (χ0v) is 19.4. The molecule has 4 aromatic rings. The average Bonchev–Trinajstić information content (AvgIpc) is 3.34. The van der Waals surface area contributed by atoms with Crippen LogP contribution in [0.2, 0.25) is 0 Å². The summed E-state index contributed by atoms with van der Waals surface area (Å²) in [6.07, 6.45) is 0. The van der Waals surface area contributed by atoms with E-state index in [1.165, 1.54) is 11.8 Å². The highest BCUT2D eigenvalue weighted by molar-refractivity contribution is 7.99. The maximum Gasteiger partial charge on any atom is 0.234 e.